The topological polar surface area (TPSA) is 3.24 Å². The molecule has 0 atom stereocenters. The Morgan fingerprint density at radius 2 is 2.00 bits per heavy atom. The van der Waals surface area contributed by atoms with Gasteiger partial charge in [0, 0.05) is 12.7 Å². The normalized spacial score (nSPS) is 14.0. The van der Waals surface area contributed by atoms with Crippen LogP contribution in [0.4, 0.5) is 5.00 Å². The molecule has 0 saturated heterocycles. The SMILES string of the molecule is C1=CN(c2cccs2)Cc2ccccc21. The molecule has 2 heteroatoms. The fraction of sp³-hybridized carbons (Fsp3) is 0.0769. The second-order valence-electron chi connectivity index (χ2n) is 3.59. The average Bonchev–Trinajstić information content (AvgIpc) is 2.82. The number of hydrogen-bond acceptors (Lipinski definition) is 2. The first-order chi connectivity index (χ1) is 7.43. The smallest absolute Gasteiger partial charge is 0.0951 e. The van der Waals surface area contributed by atoms with Gasteiger partial charge in [-0.05, 0) is 34.7 Å². The molecule has 0 amide bonds. The molecule has 0 aliphatic carbocycles. The molecule has 0 saturated carbocycles. The quantitative estimate of drug-likeness (QED) is 0.697. The zero-order valence-electron chi connectivity index (χ0n) is 8.26. The predicted octanol–water partition coefficient (Wildman–Crippen LogP) is 3.74. The van der Waals surface area contributed by atoms with Gasteiger partial charge in [-0.1, -0.05) is 24.3 Å². The van der Waals surface area contributed by atoms with Gasteiger partial charge >= 0.3 is 0 Å². The number of thiophene rings is 1. The van der Waals surface area contributed by atoms with Crippen molar-refractivity contribution in [3.05, 3.63) is 59.1 Å². The Morgan fingerprint density at radius 3 is 2.87 bits per heavy atom. The molecule has 1 aromatic heterocycles. The van der Waals surface area contributed by atoms with Crippen LogP contribution in [0.5, 0.6) is 0 Å². The zero-order valence-corrected chi connectivity index (χ0v) is 9.08. The van der Waals surface area contributed by atoms with Crippen LogP contribution < -0.4 is 4.90 Å². The van der Waals surface area contributed by atoms with Crippen LogP contribution in [-0.2, 0) is 6.54 Å². The van der Waals surface area contributed by atoms with E-state index in [1.54, 1.807) is 11.3 Å². The summed E-state index contributed by atoms with van der Waals surface area (Å²) in [5, 5.41) is 3.42. The molecule has 1 aromatic carbocycles. The van der Waals surface area contributed by atoms with Gasteiger partial charge in [0.1, 0.15) is 0 Å². The molecule has 0 unspecified atom stereocenters. The Kier molecular flexibility index (Phi) is 2.07. The molecule has 0 N–H and O–H groups in total. The first-order valence-corrected chi connectivity index (χ1v) is 5.88. The third-order valence-electron chi connectivity index (χ3n) is 2.62. The van der Waals surface area contributed by atoms with Crippen LogP contribution in [0.25, 0.3) is 6.08 Å². The molecule has 0 radical (unpaired) electrons. The predicted molar refractivity (Wildman–Crippen MR) is 66.0 cm³/mol. The minimum Gasteiger partial charge on any atom is -0.335 e. The zero-order chi connectivity index (χ0) is 10.1. The summed E-state index contributed by atoms with van der Waals surface area (Å²) in [6.45, 7) is 0.979. The van der Waals surface area contributed by atoms with E-state index in [4.69, 9.17) is 0 Å². The Bertz CT molecular complexity index is 485. The van der Waals surface area contributed by atoms with Crippen molar-refractivity contribution in [3.63, 3.8) is 0 Å². The first-order valence-electron chi connectivity index (χ1n) is 5.00. The van der Waals surface area contributed by atoms with Crippen molar-refractivity contribution in [1.29, 1.82) is 0 Å². The summed E-state index contributed by atoms with van der Waals surface area (Å²) in [6, 6.07) is 12.8. The molecular formula is C13H11NS. The lowest BCUT2D eigenvalue weighted by Crippen LogP contribution is -2.17. The number of hydrogen-bond donors (Lipinski definition) is 0. The molecule has 1 aliphatic heterocycles. The summed E-state index contributed by atoms with van der Waals surface area (Å²) in [5.41, 5.74) is 2.73. The fourth-order valence-electron chi connectivity index (χ4n) is 1.83. The van der Waals surface area contributed by atoms with E-state index in [1.807, 2.05) is 0 Å². The van der Waals surface area contributed by atoms with E-state index >= 15 is 0 Å². The fourth-order valence-corrected chi connectivity index (χ4v) is 2.55. The van der Waals surface area contributed by atoms with Gasteiger partial charge in [-0.25, -0.2) is 0 Å². The summed E-state index contributed by atoms with van der Waals surface area (Å²) >= 11 is 1.78. The highest BCUT2D eigenvalue weighted by atomic mass is 32.1. The molecule has 0 fully saturated rings. The summed E-state index contributed by atoms with van der Waals surface area (Å²) < 4.78 is 0. The molecule has 1 nitrogen and oxygen atoms in total. The van der Waals surface area contributed by atoms with Gasteiger partial charge in [0.15, 0.2) is 0 Å². The highest BCUT2D eigenvalue weighted by Gasteiger charge is 2.11. The van der Waals surface area contributed by atoms with Crippen molar-refractivity contribution in [1.82, 2.24) is 0 Å². The molecule has 0 bridgehead atoms. The standard InChI is InChI=1S/C13H11NS/c1-2-5-12-10-14(8-7-11(12)4-1)13-6-3-9-15-13/h1-9H,10H2. The van der Waals surface area contributed by atoms with E-state index in [1.165, 1.54) is 16.1 Å². The monoisotopic (exact) mass is 213 g/mol. The second kappa shape index (κ2) is 3.55. The van der Waals surface area contributed by atoms with Crippen molar-refractivity contribution < 1.29 is 0 Å². The van der Waals surface area contributed by atoms with Crippen LogP contribution in [0.2, 0.25) is 0 Å². The van der Waals surface area contributed by atoms with E-state index in [0.29, 0.717) is 0 Å². The number of benzene rings is 1. The lowest BCUT2D eigenvalue weighted by molar-refractivity contribution is 0.966. The van der Waals surface area contributed by atoms with Crippen molar-refractivity contribution >= 4 is 22.4 Å². The van der Waals surface area contributed by atoms with E-state index in [-0.39, 0.29) is 0 Å². The van der Waals surface area contributed by atoms with Gasteiger partial charge in [-0.2, -0.15) is 0 Å². The van der Waals surface area contributed by atoms with Gasteiger partial charge in [-0.15, -0.1) is 11.3 Å². The van der Waals surface area contributed by atoms with Gasteiger partial charge < -0.3 is 4.90 Å². The molecule has 74 valence electrons. The first kappa shape index (κ1) is 8.74. The average molecular weight is 213 g/mol. The van der Waals surface area contributed by atoms with E-state index in [2.05, 4.69) is 59.0 Å². The van der Waals surface area contributed by atoms with Crippen molar-refractivity contribution in [3.8, 4) is 0 Å². The third kappa shape index (κ3) is 1.57. The van der Waals surface area contributed by atoms with Crippen molar-refractivity contribution in [2.75, 3.05) is 4.90 Å². The van der Waals surface area contributed by atoms with Crippen molar-refractivity contribution in [2.24, 2.45) is 0 Å². The van der Waals surface area contributed by atoms with Crippen LogP contribution in [0.3, 0.4) is 0 Å². The molecule has 15 heavy (non-hydrogen) atoms. The number of fused-ring (bicyclic) bond motifs is 1. The Labute approximate surface area is 93.3 Å². The minimum absolute atomic E-state index is 0.979. The summed E-state index contributed by atoms with van der Waals surface area (Å²) in [6.07, 6.45) is 4.34. The van der Waals surface area contributed by atoms with Gasteiger partial charge in [-0.3, -0.25) is 0 Å². The maximum absolute atomic E-state index is 2.28. The van der Waals surface area contributed by atoms with E-state index < -0.39 is 0 Å². The Morgan fingerprint density at radius 1 is 1.07 bits per heavy atom. The molecule has 1 aliphatic rings. The lowest BCUT2D eigenvalue weighted by atomic mass is 10.0. The maximum Gasteiger partial charge on any atom is 0.0951 e. The van der Waals surface area contributed by atoms with Crippen molar-refractivity contribution in [2.45, 2.75) is 6.54 Å². The minimum atomic E-state index is 0.979. The molecule has 2 heterocycles. The molecule has 2 aromatic rings. The highest BCUT2D eigenvalue weighted by molar-refractivity contribution is 7.14. The Balaban J connectivity index is 1.96. The largest absolute Gasteiger partial charge is 0.335 e. The Hall–Kier alpha value is -1.54. The maximum atomic E-state index is 2.28. The van der Waals surface area contributed by atoms with Crippen LogP contribution in [0, 0.1) is 0 Å². The van der Waals surface area contributed by atoms with E-state index in [0.717, 1.165) is 6.54 Å². The molecular weight excluding hydrogens is 202 g/mol. The van der Waals surface area contributed by atoms with Crippen LogP contribution >= 0.6 is 11.3 Å². The van der Waals surface area contributed by atoms with E-state index in [9.17, 15) is 0 Å². The van der Waals surface area contributed by atoms with Crippen LogP contribution in [0.15, 0.2) is 48.0 Å². The number of nitrogens with zero attached hydrogens (tertiary/aromatic N) is 1. The lowest BCUT2D eigenvalue weighted by Gasteiger charge is -2.23. The summed E-state index contributed by atoms with van der Waals surface area (Å²) in [4.78, 5) is 2.28. The van der Waals surface area contributed by atoms with Gasteiger partial charge in [0.2, 0.25) is 0 Å². The van der Waals surface area contributed by atoms with Crippen LogP contribution in [-0.4, -0.2) is 0 Å². The van der Waals surface area contributed by atoms with Crippen LogP contribution in [0.1, 0.15) is 11.1 Å². The van der Waals surface area contributed by atoms with Gasteiger partial charge in [0.25, 0.3) is 0 Å². The molecule has 0 spiro atoms. The number of anilines is 1. The van der Waals surface area contributed by atoms with Gasteiger partial charge in [0.05, 0.1) is 5.00 Å². The molecule has 3 rings (SSSR count). The second-order valence-corrected chi connectivity index (χ2v) is 4.52. The number of rotatable bonds is 1. The highest BCUT2D eigenvalue weighted by Crippen LogP contribution is 2.28. The summed E-state index contributed by atoms with van der Waals surface area (Å²) in [5.74, 6) is 0. The summed E-state index contributed by atoms with van der Waals surface area (Å²) in [7, 11) is 0. The third-order valence-corrected chi connectivity index (χ3v) is 3.52.